The number of amides is 1. The minimum absolute atomic E-state index is 0.0368. The van der Waals surface area contributed by atoms with Crippen molar-refractivity contribution in [2.24, 2.45) is 5.73 Å². The van der Waals surface area contributed by atoms with Crippen LogP contribution < -0.4 is 11.1 Å². The maximum atomic E-state index is 12.6. The highest BCUT2D eigenvalue weighted by Crippen LogP contribution is 2.28. The van der Waals surface area contributed by atoms with Crippen LogP contribution in [0.5, 0.6) is 0 Å². The zero-order chi connectivity index (χ0) is 16.1. The minimum Gasteiger partial charge on any atom is -0.377 e. The first-order valence-corrected chi connectivity index (χ1v) is 6.48. The zero-order valence-electron chi connectivity index (χ0n) is 12.0. The number of benzene rings is 1. The van der Waals surface area contributed by atoms with Crippen molar-refractivity contribution >= 4 is 5.91 Å². The molecule has 0 fully saturated rings. The van der Waals surface area contributed by atoms with E-state index < -0.39 is 17.6 Å². The molecule has 1 atom stereocenters. The molecule has 1 rings (SSSR count). The highest BCUT2D eigenvalue weighted by molar-refractivity contribution is 5.86. The minimum atomic E-state index is -4.80. The van der Waals surface area contributed by atoms with Crippen molar-refractivity contribution in [2.45, 2.75) is 38.7 Å². The number of hydrogen-bond acceptors (Lipinski definition) is 3. The van der Waals surface area contributed by atoms with Crippen LogP contribution in [0.1, 0.15) is 25.0 Å². The van der Waals surface area contributed by atoms with E-state index in [4.69, 9.17) is 10.5 Å². The van der Waals surface area contributed by atoms with Crippen molar-refractivity contribution in [2.75, 3.05) is 6.61 Å². The van der Waals surface area contributed by atoms with Crippen LogP contribution in [0.2, 0.25) is 0 Å². The third-order valence-corrected chi connectivity index (χ3v) is 3.08. The van der Waals surface area contributed by atoms with Crippen LogP contribution in [0, 0.1) is 0 Å². The first-order valence-electron chi connectivity index (χ1n) is 6.48. The lowest BCUT2D eigenvalue weighted by Gasteiger charge is -2.26. The third kappa shape index (κ3) is 4.44. The van der Waals surface area contributed by atoms with Gasteiger partial charge in [0, 0.05) is 13.2 Å². The Morgan fingerprint density at radius 1 is 1.29 bits per heavy atom. The van der Waals surface area contributed by atoms with E-state index in [-0.39, 0.29) is 6.54 Å². The summed E-state index contributed by atoms with van der Waals surface area (Å²) in [7, 11) is 0. The van der Waals surface area contributed by atoms with Gasteiger partial charge in [0.1, 0.15) is 0 Å². The van der Waals surface area contributed by atoms with E-state index in [1.807, 2.05) is 6.92 Å². The Morgan fingerprint density at radius 2 is 1.86 bits per heavy atom. The Labute approximate surface area is 121 Å². The van der Waals surface area contributed by atoms with Crippen LogP contribution in [0.15, 0.2) is 24.3 Å². The van der Waals surface area contributed by atoms with Crippen molar-refractivity contribution in [1.82, 2.24) is 5.32 Å². The van der Waals surface area contributed by atoms with Crippen LogP contribution >= 0.6 is 0 Å². The summed E-state index contributed by atoms with van der Waals surface area (Å²) in [5.41, 5.74) is 3.65. The molecule has 0 radical (unpaired) electrons. The number of carbonyl (C=O) groups is 1. The Bertz CT molecular complexity index is 487. The van der Waals surface area contributed by atoms with Gasteiger partial charge in [-0.2, -0.15) is 13.2 Å². The summed E-state index contributed by atoms with van der Waals surface area (Å²) in [5.74, 6) is -1.26. The van der Waals surface area contributed by atoms with E-state index in [2.05, 4.69) is 5.32 Å². The molecule has 118 valence electrons. The molecular weight excluding hydrogens is 285 g/mol. The summed E-state index contributed by atoms with van der Waals surface area (Å²) in [6.07, 6.45) is -4.80. The van der Waals surface area contributed by atoms with Crippen LogP contribution in [-0.2, 0) is 22.7 Å². The molecule has 4 nitrogen and oxygen atoms in total. The van der Waals surface area contributed by atoms with Gasteiger partial charge in [-0.3, -0.25) is 4.79 Å². The molecule has 0 spiro atoms. The number of carbonyl (C=O) groups excluding carboxylic acids is 1. The number of nitrogens with one attached hydrogen (secondary N) is 1. The Morgan fingerprint density at radius 3 is 2.38 bits per heavy atom. The molecule has 1 aromatic carbocycles. The SMILES string of the molecule is CCOCc1ccccc1CNC(=O)C(C)(N)C(F)(F)F. The first-order chi connectivity index (χ1) is 9.70. The van der Waals surface area contributed by atoms with Crippen molar-refractivity contribution in [1.29, 1.82) is 0 Å². The van der Waals surface area contributed by atoms with Gasteiger partial charge in [0.15, 0.2) is 5.54 Å². The number of ether oxygens (including phenoxy) is 1. The van der Waals surface area contributed by atoms with Gasteiger partial charge in [-0.15, -0.1) is 0 Å². The Hall–Kier alpha value is -1.60. The molecule has 0 aromatic heterocycles. The molecule has 0 bridgehead atoms. The highest BCUT2D eigenvalue weighted by Gasteiger charge is 2.53. The molecular formula is C14H19F3N2O2. The maximum absolute atomic E-state index is 12.6. The van der Waals surface area contributed by atoms with Gasteiger partial charge >= 0.3 is 6.18 Å². The number of hydrogen-bond donors (Lipinski definition) is 2. The second-order valence-corrected chi connectivity index (χ2v) is 4.79. The van der Waals surface area contributed by atoms with Crippen molar-refractivity contribution in [3.05, 3.63) is 35.4 Å². The number of halogens is 3. The monoisotopic (exact) mass is 304 g/mol. The molecule has 1 unspecified atom stereocenters. The molecule has 0 aliphatic carbocycles. The number of nitrogens with two attached hydrogens (primary N) is 1. The smallest absolute Gasteiger partial charge is 0.377 e. The average Bonchev–Trinajstić information content (AvgIpc) is 2.42. The number of alkyl halides is 3. The van der Waals surface area contributed by atoms with Crippen molar-refractivity contribution < 1.29 is 22.7 Å². The summed E-state index contributed by atoms with van der Waals surface area (Å²) < 4.78 is 43.2. The second-order valence-electron chi connectivity index (χ2n) is 4.79. The predicted molar refractivity (Wildman–Crippen MR) is 72.3 cm³/mol. The molecule has 0 aliphatic heterocycles. The standard InChI is InChI=1S/C14H19F3N2O2/c1-3-21-9-11-7-5-4-6-10(11)8-19-12(20)13(2,18)14(15,16)17/h4-7H,3,8-9,18H2,1-2H3,(H,19,20). The predicted octanol–water partition coefficient (Wildman–Crippen LogP) is 2.12. The molecule has 1 aromatic rings. The number of rotatable bonds is 6. The molecule has 1 amide bonds. The lowest BCUT2D eigenvalue weighted by molar-refractivity contribution is -0.187. The first kappa shape index (κ1) is 17.5. The molecule has 0 heterocycles. The van der Waals surface area contributed by atoms with Gasteiger partial charge in [-0.1, -0.05) is 24.3 Å². The normalized spacial score (nSPS) is 14.6. The summed E-state index contributed by atoms with van der Waals surface area (Å²) in [4.78, 5) is 11.6. The maximum Gasteiger partial charge on any atom is 0.415 e. The highest BCUT2D eigenvalue weighted by atomic mass is 19.4. The van der Waals surface area contributed by atoms with E-state index in [9.17, 15) is 18.0 Å². The van der Waals surface area contributed by atoms with Gasteiger partial charge < -0.3 is 15.8 Å². The van der Waals surface area contributed by atoms with E-state index in [1.165, 1.54) is 0 Å². The Kier molecular flexibility index (Phi) is 5.74. The molecule has 7 heteroatoms. The largest absolute Gasteiger partial charge is 0.415 e. The molecule has 0 saturated carbocycles. The summed E-state index contributed by atoms with van der Waals surface area (Å²) in [5, 5.41) is 2.22. The van der Waals surface area contributed by atoms with E-state index in [0.717, 1.165) is 5.56 Å². The quantitative estimate of drug-likeness (QED) is 0.846. The topological polar surface area (TPSA) is 64.3 Å². The van der Waals surface area contributed by atoms with Gasteiger partial charge in [0.05, 0.1) is 6.61 Å². The van der Waals surface area contributed by atoms with Crippen LogP contribution in [0.3, 0.4) is 0 Å². The lowest BCUT2D eigenvalue weighted by atomic mass is 10.0. The zero-order valence-corrected chi connectivity index (χ0v) is 12.0. The third-order valence-electron chi connectivity index (χ3n) is 3.08. The fourth-order valence-electron chi connectivity index (χ4n) is 1.57. The fourth-order valence-corrected chi connectivity index (χ4v) is 1.57. The summed E-state index contributed by atoms with van der Waals surface area (Å²) in [6.45, 7) is 3.31. The molecule has 3 N–H and O–H groups in total. The molecule has 21 heavy (non-hydrogen) atoms. The summed E-state index contributed by atoms with van der Waals surface area (Å²) in [6, 6.07) is 7.05. The van der Waals surface area contributed by atoms with Crippen LogP contribution in [0.4, 0.5) is 13.2 Å². The van der Waals surface area contributed by atoms with Gasteiger partial charge in [-0.25, -0.2) is 0 Å². The fraction of sp³-hybridized carbons (Fsp3) is 0.500. The van der Waals surface area contributed by atoms with Crippen LogP contribution in [0.25, 0.3) is 0 Å². The molecule has 0 saturated heterocycles. The van der Waals surface area contributed by atoms with Gasteiger partial charge in [0.25, 0.3) is 0 Å². The lowest BCUT2D eigenvalue weighted by Crippen LogP contribution is -2.61. The van der Waals surface area contributed by atoms with Gasteiger partial charge in [0.2, 0.25) is 5.91 Å². The van der Waals surface area contributed by atoms with E-state index in [0.29, 0.717) is 25.7 Å². The Balaban J connectivity index is 2.74. The summed E-state index contributed by atoms with van der Waals surface area (Å²) >= 11 is 0. The van der Waals surface area contributed by atoms with Crippen molar-refractivity contribution in [3.8, 4) is 0 Å². The van der Waals surface area contributed by atoms with Gasteiger partial charge in [-0.05, 0) is 25.0 Å². The van der Waals surface area contributed by atoms with Crippen molar-refractivity contribution in [3.63, 3.8) is 0 Å². The second kappa shape index (κ2) is 6.91. The molecule has 0 aliphatic rings. The van der Waals surface area contributed by atoms with E-state index in [1.54, 1.807) is 24.3 Å². The van der Waals surface area contributed by atoms with Crippen LogP contribution in [-0.4, -0.2) is 24.2 Å². The van der Waals surface area contributed by atoms with E-state index >= 15 is 0 Å². The average molecular weight is 304 g/mol.